The van der Waals surface area contributed by atoms with Gasteiger partial charge in [0.15, 0.2) is 0 Å². The van der Waals surface area contributed by atoms with Crippen molar-refractivity contribution in [3.05, 3.63) is 23.7 Å². The molecule has 2 fully saturated rings. The summed E-state index contributed by atoms with van der Waals surface area (Å²) in [5.41, 5.74) is 1.45. The maximum Gasteiger partial charge on any atom is 0.253 e. The van der Waals surface area contributed by atoms with E-state index in [2.05, 4.69) is 15.4 Å². The van der Waals surface area contributed by atoms with E-state index in [1.54, 1.807) is 20.5 Å². The van der Waals surface area contributed by atoms with Gasteiger partial charge in [-0.25, -0.2) is 4.68 Å². The third-order valence-corrected chi connectivity index (χ3v) is 4.65. The smallest absolute Gasteiger partial charge is 0.253 e. The van der Waals surface area contributed by atoms with Crippen LogP contribution in [0, 0.1) is 12.8 Å². The molecule has 8 nitrogen and oxygen atoms in total. The molecule has 1 saturated heterocycles. The summed E-state index contributed by atoms with van der Waals surface area (Å²) in [6, 6.07) is 1.54. The van der Waals surface area contributed by atoms with Crippen LogP contribution in [0.5, 0.6) is 0 Å². The molecule has 4 rings (SSSR count). The summed E-state index contributed by atoms with van der Waals surface area (Å²) >= 11 is 0. The number of rotatable bonds is 4. The second-order valence-corrected chi connectivity index (χ2v) is 6.47. The van der Waals surface area contributed by atoms with Crippen molar-refractivity contribution in [2.75, 3.05) is 11.4 Å². The van der Waals surface area contributed by atoms with Crippen molar-refractivity contribution in [1.82, 2.24) is 24.8 Å². The van der Waals surface area contributed by atoms with Crippen LogP contribution >= 0.6 is 0 Å². The zero-order valence-corrected chi connectivity index (χ0v) is 13.3. The minimum atomic E-state index is -0.559. The van der Waals surface area contributed by atoms with Gasteiger partial charge in [0.05, 0.1) is 11.9 Å². The van der Waals surface area contributed by atoms with Gasteiger partial charge < -0.3 is 5.11 Å². The van der Waals surface area contributed by atoms with Crippen LogP contribution in [-0.2, 0) is 11.8 Å². The molecule has 1 aliphatic carbocycles. The second-order valence-electron chi connectivity index (χ2n) is 6.47. The highest BCUT2D eigenvalue weighted by Crippen LogP contribution is 2.40. The van der Waals surface area contributed by atoms with Crippen LogP contribution in [0.25, 0.3) is 0 Å². The number of carbonyl (C=O) groups excluding carboxylic acids is 1. The first kappa shape index (κ1) is 14.4. The number of aliphatic hydroxyl groups excluding tert-OH is 1. The van der Waals surface area contributed by atoms with Gasteiger partial charge in [0.25, 0.3) is 5.91 Å². The summed E-state index contributed by atoms with van der Waals surface area (Å²) in [6.07, 6.45) is 3.89. The monoisotopic (exact) mass is 316 g/mol. The molecule has 2 aromatic rings. The zero-order valence-electron chi connectivity index (χ0n) is 13.3. The van der Waals surface area contributed by atoms with Crippen molar-refractivity contribution in [2.24, 2.45) is 13.0 Å². The maximum absolute atomic E-state index is 12.7. The Morgan fingerprint density at radius 2 is 2.13 bits per heavy atom. The highest BCUT2D eigenvalue weighted by Gasteiger charge is 2.37. The van der Waals surface area contributed by atoms with Gasteiger partial charge in [0.2, 0.25) is 0 Å². The molecule has 1 aliphatic heterocycles. The van der Waals surface area contributed by atoms with Crippen LogP contribution in [-0.4, -0.2) is 42.3 Å². The molecule has 8 heteroatoms. The van der Waals surface area contributed by atoms with Crippen molar-refractivity contribution in [2.45, 2.75) is 38.3 Å². The minimum absolute atomic E-state index is 0.00892. The number of carbonyl (C=O) groups is 1. The first-order valence-electron chi connectivity index (χ1n) is 7.96. The standard InChI is InChI=1S/C15H20N6O2/c1-9-7-13(19(2)17-9)20-6-5-12(15(20)23)21-8-11(16-18-21)14(22)10-3-4-10/h7-8,10,12,14,22H,3-6H2,1-2H3. The van der Waals surface area contributed by atoms with E-state index >= 15 is 0 Å². The number of hydrogen-bond donors (Lipinski definition) is 1. The molecule has 1 N–H and O–H groups in total. The molecule has 2 atom stereocenters. The Hall–Kier alpha value is -2.22. The molecule has 0 aromatic carbocycles. The van der Waals surface area contributed by atoms with E-state index in [0.29, 0.717) is 24.6 Å². The minimum Gasteiger partial charge on any atom is -0.386 e. The van der Waals surface area contributed by atoms with Crippen molar-refractivity contribution in [3.8, 4) is 0 Å². The Bertz CT molecular complexity index is 747. The normalized spacial score (nSPS) is 22.8. The average Bonchev–Trinajstić information content (AvgIpc) is 2.99. The molecule has 122 valence electrons. The second kappa shape index (κ2) is 5.16. The highest BCUT2D eigenvalue weighted by atomic mass is 16.3. The lowest BCUT2D eigenvalue weighted by atomic mass is 10.2. The lowest BCUT2D eigenvalue weighted by molar-refractivity contribution is -0.120. The summed E-state index contributed by atoms with van der Waals surface area (Å²) in [7, 11) is 1.84. The third-order valence-electron chi connectivity index (χ3n) is 4.65. The number of anilines is 1. The predicted molar refractivity (Wildman–Crippen MR) is 81.7 cm³/mol. The number of hydrogen-bond acceptors (Lipinski definition) is 5. The van der Waals surface area contributed by atoms with Crippen LogP contribution in [0.3, 0.4) is 0 Å². The molecule has 23 heavy (non-hydrogen) atoms. The van der Waals surface area contributed by atoms with Gasteiger partial charge in [-0.2, -0.15) is 5.10 Å². The predicted octanol–water partition coefficient (Wildman–Crippen LogP) is 0.741. The lowest BCUT2D eigenvalue weighted by Crippen LogP contribution is -2.30. The molecule has 3 heterocycles. The van der Waals surface area contributed by atoms with E-state index in [-0.39, 0.29) is 11.9 Å². The highest BCUT2D eigenvalue weighted by molar-refractivity contribution is 5.97. The molecule has 2 aromatic heterocycles. The molecule has 0 spiro atoms. The molecular weight excluding hydrogens is 296 g/mol. The summed E-state index contributed by atoms with van der Waals surface area (Å²) < 4.78 is 3.31. The van der Waals surface area contributed by atoms with Crippen molar-refractivity contribution < 1.29 is 9.90 Å². The van der Waals surface area contributed by atoms with Crippen LogP contribution in [0.2, 0.25) is 0 Å². The van der Waals surface area contributed by atoms with Gasteiger partial charge in [0.1, 0.15) is 23.7 Å². The molecule has 1 amide bonds. The Labute approximate surface area is 133 Å². The van der Waals surface area contributed by atoms with Crippen LogP contribution < -0.4 is 4.90 Å². The van der Waals surface area contributed by atoms with Crippen LogP contribution in [0.15, 0.2) is 12.3 Å². The molecule has 0 radical (unpaired) electrons. The summed E-state index contributed by atoms with van der Waals surface area (Å²) in [6.45, 7) is 2.54. The van der Waals surface area contributed by atoms with Gasteiger partial charge in [0, 0.05) is 19.7 Å². The fourth-order valence-electron chi connectivity index (χ4n) is 3.22. The first-order chi connectivity index (χ1) is 11.0. The first-order valence-corrected chi connectivity index (χ1v) is 7.96. The molecule has 2 aliphatic rings. The summed E-state index contributed by atoms with van der Waals surface area (Å²) in [5.74, 6) is 1.09. The average molecular weight is 316 g/mol. The summed E-state index contributed by atoms with van der Waals surface area (Å²) in [5, 5.41) is 22.5. The topological polar surface area (TPSA) is 89.1 Å². The van der Waals surface area contributed by atoms with Crippen LogP contribution in [0.1, 0.15) is 42.8 Å². The van der Waals surface area contributed by atoms with Gasteiger partial charge in [-0.15, -0.1) is 5.10 Å². The van der Waals surface area contributed by atoms with Gasteiger partial charge in [-0.3, -0.25) is 14.4 Å². The van der Waals surface area contributed by atoms with Crippen molar-refractivity contribution >= 4 is 11.7 Å². The van der Waals surface area contributed by atoms with Crippen molar-refractivity contribution in [1.29, 1.82) is 0 Å². The fraction of sp³-hybridized carbons (Fsp3) is 0.600. The molecular formula is C15H20N6O2. The number of aromatic nitrogens is 5. The van der Waals surface area contributed by atoms with E-state index in [4.69, 9.17) is 0 Å². The van der Waals surface area contributed by atoms with E-state index in [1.165, 1.54) is 0 Å². The summed E-state index contributed by atoms with van der Waals surface area (Å²) in [4.78, 5) is 14.5. The van der Waals surface area contributed by atoms with Gasteiger partial charge in [-0.1, -0.05) is 5.21 Å². The number of aryl methyl sites for hydroxylation is 2. The molecule has 2 unspecified atom stereocenters. The lowest BCUT2D eigenvalue weighted by Gasteiger charge is -2.16. The number of aliphatic hydroxyl groups is 1. The van der Waals surface area contributed by atoms with Gasteiger partial charge in [-0.05, 0) is 32.1 Å². The maximum atomic E-state index is 12.7. The Balaban J connectivity index is 1.54. The number of amides is 1. The van der Waals surface area contributed by atoms with Crippen molar-refractivity contribution in [3.63, 3.8) is 0 Å². The molecule has 1 saturated carbocycles. The van der Waals surface area contributed by atoms with Gasteiger partial charge >= 0.3 is 0 Å². The Morgan fingerprint density at radius 3 is 2.78 bits per heavy atom. The largest absolute Gasteiger partial charge is 0.386 e. The number of nitrogens with zero attached hydrogens (tertiary/aromatic N) is 6. The SMILES string of the molecule is Cc1cc(N2CCC(n3cc(C(O)C4CC4)nn3)C2=O)n(C)n1. The molecule has 0 bridgehead atoms. The zero-order chi connectivity index (χ0) is 16.1. The fourth-order valence-corrected chi connectivity index (χ4v) is 3.22. The van der Waals surface area contributed by atoms with E-state index in [1.807, 2.05) is 20.0 Å². The van der Waals surface area contributed by atoms with Crippen LogP contribution in [0.4, 0.5) is 5.82 Å². The van der Waals surface area contributed by atoms with E-state index in [0.717, 1.165) is 24.4 Å². The Kier molecular flexibility index (Phi) is 3.22. The quantitative estimate of drug-likeness (QED) is 0.899. The third kappa shape index (κ3) is 2.42. The van der Waals surface area contributed by atoms with E-state index in [9.17, 15) is 9.90 Å². The Morgan fingerprint density at radius 1 is 1.35 bits per heavy atom. The van der Waals surface area contributed by atoms with E-state index < -0.39 is 6.10 Å².